The zero-order valence-electron chi connectivity index (χ0n) is 19.0. The van der Waals surface area contributed by atoms with Crippen molar-refractivity contribution in [2.75, 3.05) is 12.4 Å². The first kappa shape index (κ1) is 22.7. The molecule has 0 bridgehead atoms. The van der Waals surface area contributed by atoms with E-state index in [1.165, 1.54) is 0 Å². The molecule has 0 aliphatic heterocycles. The molecule has 0 spiro atoms. The second-order valence-electron chi connectivity index (χ2n) is 8.30. The highest BCUT2D eigenvalue weighted by molar-refractivity contribution is 6.34. The number of halogens is 1. The summed E-state index contributed by atoms with van der Waals surface area (Å²) in [7, 11) is 1.60. The minimum atomic E-state index is -0.343. The molecule has 0 atom stereocenters. The van der Waals surface area contributed by atoms with Crippen LogP contribution in [0.3, 0.4) is 0 Å². The molecular weight excluding hydrogens is 464 g/mol. The van der Waals surface area contributed by atoms with Crippen LogP contribution in [0.25, 0.3) is 16.9 Å². The molecule has 1 aromatic heterocycles. The fourth-order valence-electron chi connectivity index (χ4n) is 3.68. The van der Waals surface area contributed by atoms with Gasteiger partial charge in [0.05, 0.1) is 28.9 Å². The number of anilines is 1. The van der Waals surface area contributed by atoms with Gasteiger partial charge < -0.3 is 15.4 Å². The second kappa shape index (κ2) is 9.64. The van der Waals surface area contributed by atoms with Crippen molar-refractivity contribution in [1.82, 2.24) is 15.1 Å². The maximum Gasteiger partial charge on any atom is 0.259 e. The van der Waals surface area contributed by atoms with Gasteiger partial charge in [0, 0.05) is 23.5 Å². The monoisotopic (exact) mass is 486 g/mol. The summed E-state index contributed by atoms with van der Waals surface area (Å²) >= 11 is 6.36. The minimum Gasteiger partial charge on any atom is -0.497 e. The maximum atomic E-state index is 13.3. The van der Waals surface area contributed by atoms with Crippen molar-refractivity contribution in [2.45, 2.75) is 18.9 Å². The molecule has 8 heteroatoms. The van der Waals surface area contributed by atoms with Gasteiger partial charge in [-0.15, -0.1) is 0 Å². The third-order valence-electron chi connectivity index (χ3n) is 5.73. The number of benzene rings is 3. The number of carbonyl (C=O) groups is 2. The first-order chi connectivity index (χ1) is 17.0. The number of hydrogen-bond acceptors (Lipinski definition) is 4. The van der Waals surface area contributed by atoms with Crippen LogP contribution < -0.4 is 15.4 Å². The van der Waals surface area contributed by atoms with E-state index < -0.39 is 0 Å². The SMILES string of the molecule is COc1ccc(-c2nn(-c3ccccc3)cc2C(=O)Nc2ccc(C(=O)NC3CC3)c(Cl)c2)cc1. The Morgan fingerprint density at radius 1 is 0.971 bits per heavy atom. The van der Waals surface area contributed by atoms with Gasteiger partial charge in [0.2, 0.25) is 0 Å². The van der Waals surface area contributed by atoms with Crippen LogP contribution in [0.2, 0.25) is 5.02 Å². The van der Waals surface area contributed by atoms with Crippen LogP contribution in [-0.2, 0) is 0 Å². The van der Waals surface area contributed by atoms with Crippen molar-refractivity contribution in [3.05, 3.63) is 95.1 Å². The lowest BCUT2D eigenvalue weighted by Gasteiger charge is -2.09. The van der Waals surface area contributed by atoms with E-state index in [4.69, 9.17) is 21.4 Å². The average Bonchev–Trinajstić information content (AvgIpc) is 3.58. The Bertz CT molecular complexity index is 1380. The van der Waals surface area contributed by atoms with E-state index in [9.17, 15) is 9.59 Å². The Hall–Kier alpha value is -4.10. The van der Waals surface area contributed by atoms with E-state index in [0.29, 0.717) is 28.3 Å². The van der Waals surface area contributed by atoms with Gasteiger partial charge in [0.15, 0.2) is 0 Å². The summed E-state index contributed by atoms with van der Waals surface area (Å²) < 4.78 is 6.93. The summed E-state index contributed by atoms with van der Waals surface area (Å²) in [5, 5.41) is 10.8. The second-order valence-corrected chi connectivity index (χ2v) is 8.70. The quantitative estimate of drug-likeness (QED) is 0.369. The molecule has 5 rings (SSSR count). The number of nitrogens with zero attached hydrogens (tertiary/aromatic N) is 2. The van der Waals surface area contributed by atoms with Crippen LogP contribution in [0.1, 0.15) is 33.6 Å². The highest BCUT2D eigenvalue weighted by Gasteiger charge is 2.25. The Morgan fingerprint density at radius 2 is 1.71 bits per heavy atom. The van der Waals surface area contributed by atoms with Crippen molar-refractivity contribution >= 4 is 29.1 Å². The predicted molar refractivity (Wildman–Crippen MR) is 135 cm³/mol. The zero-order chi connectivity index (χ0) is 24.4. The standard InChI is InChI=1S/C27H23ClN4O3/c1-35-21-12-7-17(8-13-21)25-23(16-32(31-25)20-5-3-2-4-6-20)27(34)30-19-11-14-22(24(28)15-19)26(33)29-18-9-10-18/h2-8,11-16,18H,9-10H2,1H3,(H,29,33)(H,30,34). The molecule has 0 unspecified atom stereocenters. The van der Waals surface area contributed by atoms with Crippen LogP contribution >= 0.6 is 11.6 Å². The first-order valence-electron chi connectivity index (χ1n) is 11.2. The molecule has 176 valence electrons. The molecule has 1 fully saturated rings. The number of ether oxygens (including phenoxy) is 1. The first-order valence-corrected chi connectivity index (χ1v) is 11.6. The lowest BCUT2D eigenvalue weighted by Crippen LogP contribution is -2.25. The number of para-hydroxylation sites is 1. The molecule has 1 aliphatic rings. The Labute approximate surface area is 207 Å². The minimum absolute atomic E-state index is 0.207. The molecule has 0 saturated heterocycles. The number of rotatable bonds is 7. The van der Waals surface area contributed by atoms with Gasteiger partial charge in [-0.3, -0.25) is 9.59 Å². The van der Waals surface area contributed by atoms with Crippen molar-refractivity contribution in [2.24, 2.45) is 0 Å². The molecule has 1 heterocycles. The number of nitrogens with one attached hydrogen (secondary N) is 2. The van der Waals surface area contributed by atoms with E-state index in [-0.39, 0.29) is 22.9 Å². The summed E-state index contributed by atoms with van der Waals surface area (Å²) in [5.74, 6) is 0.160. The number of amides is 2. The summed E-state index contributed by atoms with van der Waals surface area (Å²) in [5.41, 5.74) is 3.39. The number of carbonyl (C=O) groups excluding carboxylic acids is 2. The van der Waals surface area contributed by atoms with Gasteiger partial charge in [-0.25, -0.2) is 4.68 Å². The summed E-state index contributed by atoms with van der Waals surface area (Å²) in [6.45, 7) is 0. The molecule has 1 aliphatic carbocycles. The van der Waals surface area contributed by atoms with Crippen LogP contribution in [0.15, 0.2) is 79.0 Å². The van der Waals surface area contributed by atoms with E-state index in [1.54, 1.807) is 36.2 Å². The predicted octanol–water partition coefficient (Wildman–Crippen LogP) is 5.35. The van der Waals surface area contributed by atoms with Crippen LogP contribution in [0.5, 0.6) is 5.75 Å². The van der Waals surface area contributed by atoms with E-state index in [2.05, 4.69) is 10.6 Å². The molecule has 35 heavy (non-hydrogen) atoms. The highest BCUT2D eigenvalue weighted by atomic mass is 35.5. The summed E-state index contributed by atoms with van der Waals surface area (Å²) in [6.07, 6.45) is 3.68. The van der Waals surface area contributed by atoms with Gasteiger partial charge in [-0.2, -0.15) is 5.10 Å². The third-order valence-corrected chi connectivity index (χ3v) is 6.04. The summed E-state index contributed by atoms with van der Waals surface area (Å²) in [4.78, 5) is 25.7. The number of aromatic nitrogens is 2. The van der Waals surface area contributed by atoms with E-state index in [0.717, 1.165) is 24.1 Å². The largest absolute Gasteiger partial charge is 0.497 e. The fourth-order valence-corrected chi connectivity index (χ4v) is 3.95. The van der Waals surface area contributed by atoms with Crippen molar-refractivity contribution < 1.29 is 14.3 Å². The van der Waals surface area contributed by atoms with E-state index >= 15 is 0 Å². The van der Waals surface area contributed by atoms with Crippen molar-refractivity contribution in [3.63, 3.8) is 0 Å². The van der Waals surface area contributed by atoms with Gasteiger partial charge in [-0.05, 0) is 67.4 Å². The Morgan fingerprint density at radius 3 is 2.37 bits per heavy atom. The molecule has 0 radical (unpaired) electrons. The van der Waals surface area contributed by atoms with Crippen LogP contribution in [0, 0.1) is 0 Å². The molecule has 4 aromatic rings. The smallest absolute Gasteiger partial charge is 0.259 e. The number of hydrogen-bond donors (Lipinski definition) is 2. The molecule has 3 aromatic carbocycles. The van der Waals surface area contributed by atoms with Crippen LogP contribution in [0.4, 0.5) is 5.69 Å². The van der Waals surface area contributed by atoms with Crippen molar-refractivity contribution in [3.8, 4) is 22.7 Å². The van der Waals surface area contributed by atoms with Gasteiger partial charge >= 0.3 is 0 Å². The lowest BCUT2D eigenvalue weighted by molar-refractivity contribution is 0.0950. The van der Waals surface area contributed by atoms with E-state index in [1.807, 2.05) is 54.6 Å². The molecule has 7 nitrogen and oxygen atoms in total. The fraction of sp³-hybridized carbons (Fsp3) is 0.148. The Kier molecular flexibility index (Phi) is 6.25. The molecule has 1 saturated carbocycles. The normalized spacial score (nSPS) is 12.7. The lowest BCUT2D eigenvalue weighted by atomic mass is 10.1. The topological polar surface area (TPSA) is 85.2 Å². The van der Waals surface area contributed by atoms with Gasteiger partial charge in [0.25, 0.3) is 11.8 Å². The molecular formula is C27H23ClN4O3. The average molecular weight is 487 g/mol. The number of methoxy groups -OCH3 is 1. The van der Waals surface area contributed by atoms with Crippen molar-refractivity contribution in [1.29, 1.82) is 0 Å². The highest BCUT2D eigenvalue weighted by Crippen LogP contribution is 2.28. The maximum absolute atomic E-state index is 13.3. The zero-order valence-corrected chi connectivity index (χ0v) is 19.8. The third kappa shape index (κ3) is 5.05. The molecule has 2 amide bonds. The van der Waals surface area contributed by atoms with Gasteiger partial charge in [-0.1, -0.05) is 29.8 Å². The Balaban J connectivity index is 1.44. The summed E-state index contributed by atoms with van der Waals surface area (Å²) in [6, 6.07) is 22.0. The van der Waals surface area contributed by atoms with Crippen LogP contribution in [-0.4, -0.2) is 34.7 Å². The molecule has 2 N–H and O–H groups in total. The van der Waals surface area contributed by atoms with Gasteiger partial charge in [0.1, 0.15) is 11.4 Å².